The number of aryl methyl sites for hydroxylation is 1. The Labute approximate surface area is 208 Å². The summed E-state index contributed by atoms with van der Waals surface area (Å²) in [4.78, 5) is 20.4. The minimum atomic E-state index is 0.0702. The number of methoxy groups -OCH3 is 1. The van der Waals surface area contributed by atoms with Gasteiger partial charge in [0, 0.05) is 23.0 Å². The number of fused-ring (bicyclic) bond motifs is 4. The van der Waals surface area contributed by atoms with Crippen LogP contribution in [0.1, 0.15) is 28.0 Å². The molecule has 1 aliphatic carbocycles. The van der Waals surface area contributed by atoms with Crippen molar-refractivity contribution in [2.75, 3.05) is 7.11 Å². The van der Waals surface area contributed by atoms with Crippen LogP contribution in [0, 0.1) is 0 Å². The van der Waals surface area contributed by atoms with E-state index in [2.05, 4.69) is 41.7 Å². The highest BCUT2D eigenvalue weighted by Gasteiger charge is 2.25. The van der Waals surface area contributed by atoms with E-state index >= 15 is 0 Å². The number of hydrogen-bond acceptors (Lipinski definition) is 5. The van der Waals surface area contributed by atoms with Gasteiger partial charge >= 0.3 is 0 Å². The lowest BCUT2D eigenvalue weighted by Gasteiger charge is -2.24. The van der Waals surface area contributed by atoms with E-state index in [-0.39, 0.29) is 5.56 Å². The van der Waals surface area contributed by atoms with Crippen molar-refractivity contribution < 1.29 is 4.74 Å². The van der Waals surface area contributed by atoms with Crippen LogP contribution in [-0.2, 0) is 25.9 Å². The van der Waals surface area contributed by atoms with Crippen LogP contribution in [0.25, 0.3) is 21.0 Å². The monoisotopic (exact) mass is 481 g/mol. The lowest BCUT2D eigenvalue weighted by molar-refractivity contribution is 0.401. The number of aromatic nitrogens is 2. The molecule has 5 aromatic rings. The zero-order valence-electron chi connectivity index (χ0n) is 19.7. The molecular formula is C29H27N3O2S. The van der Waals surface area contributed by atoms with Crippen LogP contribution >= 0.6 is 11.3 Å². The normalized spacial score (nSPS) is 15.4. The standard InChI is InChI=1S/C29H27N3O2S/c1-34-25-12-5-3-8-20(25)16-30-22-13-14-24-26(15-22)35-28-27(24)29(33)32(18-31-28)17-21-10-6-9-19-7-2-4-11-23(19)21/h2-12,18,22,30H,13-17H2,1H3. The highest BCUT2D eigenvalue weighted by atomic mass is 32.1. The van der Waals surface area contributed by atoms with Gasteiger partial charge in [-0.2, -0.15) is 0 Å². The molecule has 176 valence electrons. The zero-order valence-corrected chi connectivity index (χ0v) is 20.5. The molecule has 1 aliphatic rings. The summed E-state index contributed by atoms with van der Waals surface area (Å²) in [6.45, 7) is 1.29. The molecule has 0 bridgehead atoms. The summed E-state index contributed by atoms with van der Waals surface area (Å²) in [6, 6.07) is 23.1. The lowest BCUT2D eigenvalue weighted by Crippen LogP contribution is -2.34. The Morgan fingerprint density at radius 3 is 2.77 bits per heavy atom. The van der Waals surface area contributed by atoms with Gasteiger partial charge in [0.1, 0.15) is 10.6 Å². The molecule has 0 fully saturated rings. The summed E-state index contributed by atoms with van der Waals surface area (Å²) >= 11 is 1.68. The molecule has 0 radical (unpaired) electrons. The largest absolute Gasteiger partial charge is 0.496 e. The Kier molecular flexibility index (Phi) is 5.84. The molecule has 0 saturated heterocycles. The topological polar surface area (TPSA) is 56.1 Å². The molecule has 1 atom stereocenters. The summed E-state index contributed by atoms with van der Waals surface area (Å²) in [5, 5.41) is 6.88. The third kappa shape index (κ3) is 4.13. The molecule has 1 unspecified atom stereocenters. The van der Waals surface area contributed by atoms with Gasteiger partial charge in [-0.15, -0.1) is 11.3 Å². The van der Waals surface area contributed by atoms with Gasteiger partial charge in [0.2, 0.25) is 0 Å². The van der Waals surface area contributed by atoms with E-state index < -0.39 is 0 Å². The van der Waals surface area contributed by atoms with Crippen LogP contribution in [0.2, 0.25) is 0 Å². The highest BCUT2D eigenvalue weighted by Crippen LogP contribution is 2.34. The predicted octanol–water partition coefficient (Wildman–Crippen LogP) is 5.32. The summed E-state index contributed by atoms with van der Waals surface area (Å²) < 4.78 is 7.26. The van der Waals surface area contributed by atoms with Crippen molar-refractivity contribution >= 4 is 32.3 Å². The molecule has 3 aromatic carbocycles. The fraction of sp³-hybridized carbons (Fsp3) is 0.241. The zero-order chi connectivity index (χ0) is 23.8. The molecule has 1 N–H and O–H groups in total. The molecule has 2 heterocycles. The molecule has 0 amide bonds. The van der Waals surface area contributed by atoms with Gasteiger partial charge < -0.3 is 10.1 Å². The summed E-state index contributed by atoms with van der Waals surface area (Å²) in [5.74, 6) is 0.911. The van der Waals surface area contributed by atoms with Gasteiger partial charge in [0.15, 0.2) is 0 Å². The first kappa shape index (κ1) is 22.0. The van der Waals surface area contributed by atoms with E-state index in [4.69, 9.17) is 9.72 Å². The average molecular weight is 482 g/mol. The van der Waals surface area contributed by atoms with Gasteiger partial charge in [0.25, 0.3) is 5.56 Å². The van der Waals surface area contributed by atoms with Gasteiger partial charge in [-0.25, -0.2) is 4.98 Å². The molecule has 5 nitrogen and oxygen atoms in total. The van der Waals surface area contributed by atoms with Crippen molar-refractivity contribution in [3.05, 3.63) is 105 Å². The van der Waals surface area contributed by atoms with E-state index in [9.17, 15) is 4.79 Å². The molecule has 0 spiro atoms. The first-order valence-electron chi connectivity index (χ1n) is 12.0. The number of benzene rings is 3. The second-order valence-electron chi connectivity index (χ2n) is 9.13. The average Bonchev–Trinajstić information content (AvgIpc) is 3.28. The van der Waals surface area contributed by atoms with Crippen LogP contribution in [-0.4, -0.2) is 22.7 Å². The van der Waals surface area contributed by atoms with Crippen LogP contribution in [0.4, 0.5) is 0 Å². The first-order valence-corrected chi connectivity index (χ1v) is 12.8. The van der Waals surface area contributed by atoms with Crippen molar-refractivity contribution in [2.45, 2.75) is 38.4 Å². The van der Waals surface area contributed by atoms with Crippen molar-refractivity contribution in [3.8, 4) is 5.75 Å². The van der Waals surface area contributed by atoms with Crippen molar-refractivity contribution in [1.29, 1.82) is 0 Å². The number of thiophene rings is 1. The fourth-order valence-corrected chi connectivity index (χ4v) is 6.46. The third-order valence-corrected chi connectivity index (χ3v) is 8.19. The smallest absolute Gasteiger partial charge is 0.262 e. The predicted molar refractivity (Wildman–Crippen MR) is 143 cm³/mol. The van der Waals surface area contributed by atoms with Crippen molar-refractivity contribution in [2.24, 2.45) is 0 Å². The second-order valence-corrected chi connectivity index (χ2v) is 10.2. The van der Waals surface area contributed by atoms with Crippen molar-refractivity contribution in [3.63, 3.8) is 0 Å². The molecule has 6 rings (SSSR count). The third-order valence-electron chi connectivity index (χ3n) is 7.03. The summed E-state index contributed by atoms with van der Waals surface area (Å²) in [6.07, 6.45) is 4.54. The van der Waals surface area contributed by atoms with E-state index in [1.807, 2.05) is 30.3 Å². The van der Waals surface area contributed by atoms with E-state index in [0.29, 0.717) is 12.6 Å². The lowest BCUT2D eigenvalue weighted by atomic mass is 9.93. The van der Waals surface area contributed by atoms with Gasteiger partial charge in [-0.1, -0.05) is 60.7 Å². The number of ether oxygens (including phenoxy) is 1. The van der Waals surface area contributed by atoms with Gasteiger partial charge in [0.05, 0.1) is 25.4 Å². The highest BCUT2D eigenvalue weighted by molar-refractivity contribution is 7.18. The van der Waals surface area contributed by atoms with Gasteiger partial charge in [-0.05, 0) is 47.2 Å². The van der Waals surface area contributed by atoms with E-state index in [1.54, 1.807) is 29.3 Å². The molecular weight excluding hydrogens is 454 g/mol. The Morgan fingerprint density at radius 1 is 1.06 bits per heavy atom. The maximum atomic E-state index is 13.6. The first-order chi connectivity index (χ1) is 17.2. The maximum absolute atomic E-state index is 13.6. The van der Waals surface area contributed by atoms with Crippen LogP contribution in [0.15, 0.2) is 77.9 Å². The quantitative estimate of drug-likeness (QED) is 0.357. The fourth-order valence-electron chi connectivity index (χ4n) is 5.21. The Bertz CT molecular complexity index is 1580. The SMILES string of the molecule is COc1ccccc1CNC1CCc2c(sc3ncn(Cc4cccc5ccccc45)c(=O)c23)C1. The van der Waals surface area contributed by atoms with Gasteiger partial charge in [-0.3, -0.25) is 9.36 Å². The molecule has 35 heavy (non-hydrogen) atoms. The maximum Gasteiger partial charge on any atom is 0.262 e. The molecule has 0 aliphatic heterocycles. The summed E-state index contributed by atoms with van der Waals surface area (Å²) in [5.41, 5.74) is 3.57. The Hall–Kier alpha value is -3.48. The second kappa shape index (κ2) is 9.29. The number of para-hydroxylation sites is 1. The number of rotatable bonds is 6. The Morgan fingerprint density at radius 2 is 1.86 bits per heavy atom. The number of nitrogens with one attached hydrogen (secondary N) is 1. The summed E-state index contributed by atoms with van der Waals surface area (Å²) in [7, 11) is 1.71. The minimum Gasteiger partial charge on any atom is -0.496 e. The van der Waals surface area contributed by atoms with E-state index in [0.717, 1.165) is 52.9 Å². The van der Waals surface area contributed by atoms with Crippen LogP contribution in [0.3, 0.4) is 0 Å². The van der Waals surface area contributed by atoms with Crippen LogP contribution < -0.4 is 15.6 Å². The van der Waals surface area contributed by atoms with Crippen LogP contribution in [0.5, 0.6) is 5.75 Å². The molecule has 2 aromatic heterocycles. The number of hydrogen-bond donors (Lipinski definition) is 1. The minimum absolute atomic E-state index is 0.0702. The number of nitrogens with zero attached hydrogens (tertiary/aromatic N) is 2. The van der Waals surface area contributed by atoms with Crippen molar-refractivity contribution in [1.82, 2.24) is 14.9 Å². The van der Waals surface area contributed by atoms with E-state index in [1.165, 1.54) is 21.2 Å². The molecule has 6 heteroatoms. The molecule has 0 saturated carbocycles. The Balaban J connectivity index is 1.26.